The molecule has 0 N–H and O–H groups in total. The summed E-state index contributed by atoms with van der Waals surface area (Å²) >= 11 is 0. The molecule has 1 unspecified atom stereocenters. The van der Waals surface area contributed by atoms with E-state index in [-0.39, 0.29) is 11.8 Å². The molecule has 1 aromatic heterocycles. The first kappa shape index (κ1) is 10.7. The molecule has 0 radical (unpaired) electrons. The van der Waals surface area contributed by atoms with Crippen molar-refractivity contribution in [2.75, 3.05) is 11.4 Å². The molecule has 0 bridgehead atoms. The first-order valence-corrected chi connectivity index (χ1v) is 5.83. The quantitative estimate of drug-likeness (QED) is 0.763. The van der Waals surface area contributed by atoms with Gasteiger partial charge in [0, 0.05) is 24.5 Å². The SMILES string of the molecule is N#CC1CC(=O)N(c2cccc3cccnc23)C1. The minimum absolute atomic E-state index is 0.000275. The molecule has 1 aromatic carbocycles. The van der Waals surface area contributed by atoms with Gasteiger partial charge in [-0.15, -0.1) is 0 Å². The normalized spacial score (nSPS) is 19.2. The summed E-state index contributed by atoms with van der Waals surface area (Å²) in [4.78, 5) is 17.9. The first-order valence-electron chi connectivity index (χ1n) is 5.83. The van der Waals surface area contributed by atoms with Gasteiger partial charge >= 0.3 is 0 Å². The molecular formula is C14H11N3O. The molecule has 3 rings (SSSR count). The summed E-state index contributed by atoms with van der Waals surface area (Å²) < 4.78 is 0. The predicted octanol–water partition coefficient (Wildman–Crippen LogP) is 2.11. The van der Waals surface area contributed by atoms with Crippen molar-refractivity contribution in [3.8, 4) is 6.07 Å². The molecule has 4 heteroatoms. The Morgan fingerprint density at radius 3 is 2.94 bits per heavy atom. The Morgan fingerprint density at radius 2 is 2.17 bits per heavy atom. The van der Waals surface area contributed by atoms with Gasteiger partial charge in [-0.25, -0.2) is 0 Å². The van der Waals surface area contributed by atoms with Crippen LogP contribution >= 0.6 is 0 Å². The second-order valence-electron chi connectivity index (χ2n) is 4.39. The average Bonchev–Trinajstić information content (AvgIpc) is 2.79. The number of para-hydroxylation sites is 1. The number of rotatable bonds is 1. The third-order valence-corrected chi connectivity index (χ3v) is 3.21. The van der Waals surface area contributed by atoms with Crippen molar-refractivity contribution in [2.45, 2.75) is 6.42 Å². The summed E-state index contributed by atoms with van der Waals surface area (Å²) in [5.41, 5.74) is 1.61. The van der Waals surface area contributed by atoms with Crippen LogP contribution in [0.2, 0.25) is 0 Å². The summed E-state index contributed by atoms with van der Waals surface area (Å²) in [6.45, 7) is 0.463. The Labute approximate surface area is 104 Å². The number of hydrogen-bond donors (Lipinski definition) is 0. The van der Waals surface area contributed by atoms with Gasteiger partial charge in [0.25, 0.3) is 0 Å². The number of carbonyl (C=O) groups is 1. The van der Waals surface area contributed by atoms with Crippen LogP contribution in [0.5, 0.6) is 0 Å². The highest BCUT2D eigenvalue weighted by atomic mass is 16.2. The van der Waals surface area contributed by atoms with Crippen molar-refractivity contribution < 1.29 is 4.79 Å². The number of nitriles is 1. The Hall–Kier alpha value is -2.41. The van der Waals surface area contributed by atoms with E-state index < -0.39 is 0 Å². The number of hydrogen-bond acceptors (Lipinski definition) is 3. The minimum atomic E-state index is -0.212. The number of nitrogens with zero attached hydrogens (tertiary/aromatic N) is 3. The molecular weight excluding hydrogens is 226 g/mol. The van der Waals surface area contributed by atoms with Crippen molar-refractivity contribution in [1.29, 1.82) is 5.26 Å². The highest BCUT2D eigenvalue weighted by molar-refractivity contribution is 6.03. The van der Waals surface area contributed by atoms with Crippen LogP contribution in [0.1, 0.15) is 6.42 Å². The number of carbonyl (C=O) groups excluding carboxylic acids is 1. The molecule has 4 nitrogen and oxygen atoms in total. The predicted molar refractivity (Wildman–Crippen MR) is 67.8 cm³/mol. The van der Waals surface area contributed by atoms with E-state index in [1.54, 1.807) is 11.1 Å². The lowest BCUT2D eigenvalue weighted by Crippen LogP contribution is -2.24. The zero-order valence-electron chi connectivity index (χ0n) is 9.71. The highest BCUT2D eigenvalue weighted by Crippen LogP contribution is 2.29. The van der Waals surface area contributed by atoms with Gasteiger partial charge < -0.3 is 4.90 Å². The van der Waals surface area contributed by atoms with Crippen molar-refractivity contribution >= 4 is 22.5 Å². The summed E-state index contributed by atoms with van der Waals surface area (Å²) in [7, 11) is 0. The number of anilines is 1. The number of pyridine rings is 1. The monoisotopic (exact) mass is 237 g/mol. The van der Waals surface area contributed by atoms with Crippen molar-refractivity contribution in [2.24, 2.45) is 5.92 Å². The molecule has 2 heterocycles. The van der Waals surface area contributed by atoms with Crippen LogP contribution in [-0.2, 0) is 4.79 Å². The van der Waals surface area contributed by atoms with Crippen LogP contribution in [0.15, 0.2) is 36.5 Å². The van der Waals surface area contributed by atoms with Gasteiger partial charge in [0.1, 0.15) is 0 Å². The fourth-order valence-corrected chi connectivity index (χ4v) is 2.33. The van der Waals surface area contributed by atoms with Gasteiger partial charge in [-0.05, 0) is 12.1 Å². The molecule has 88 valence electrons. The fourth-order valence-electron chi connectivity index (χ4n) is 2.33. The van der Waals surface area contributed by atoms with Crippen molar-refractivity contribution in [3.05, 3.63) is 36.5 Å². The lowest BCUT2D eigenvalue weighted by molar-refractivity contribution is -0.117. The standard InChI is InChI=1S/C14H11N3O/c15-8-10-7-13(18)17(9-10)12-5-1-3-11-4-2-6-16-14(11)12/h1-6,10H,7,9H2. The molecule has 1 amide bonds. The molecule has 2 aromatic rings. The minimum Gasteiger partial charge on any atom is -0.309 e. The van der Waals surface area contributed by atoms with Crippen molar-refractivity contribution in [1.82, 2.24) is 4.98 Å². The molecule has 1 atom stereocenters. The van der Waals surface area contributed by atoms with E-state index in [1.807, 2.05) is 30.3 Å². The maximum Gasteiger partial charge on any atom is 0.228 e. The van der Waals surface area contributed by atoms with Gasteiger partial charge in [-0.2, -0.15) is 5.26 Å². The van der Waals surface area contributed by atoms with Gasteiger partial charge in [0.05, 0.1) is 23.2 Å². The van der Waals surface area contributed by atoms with E-state index in [2.05, 4.69) is 11.1 Å². The Kier molecular flexibility index (Phi) is 2.45. The number of fused-ring (bicyclic) bond motifs is 1. The molecule has 0 spiro atoms. The van der Waals surface area contributed by atoms with Crippen LogP contribution in [0.3, 0.4) is 0 Å². The Balaban J connectivity index is 2.10. The molecule has 1 aliphatic rings. The average molecular weight is 237 g/mol. The summed E-state index contributed by atoms with van der Waals surface area (Å²) in [6, 6.07) is 11.8. The Bertz CT molecular complexity index is 654. The van der Waals surface area contributed by atoms with Gasteiger partial charge in [-0.3, -0.25) is 9.78 Å². The number of aromatic nitrogens is 1. The van der Waals surface area contributed by atoms with E-state index in [9.17, 15) is 4.79 Å². The maximum atomic E-state index is 11.9. The molecule has 1 saturated heterocycles. The molecule has 1 fully saturated rings. The third kappa shape index (κ3) is 1.61. The zero-order valence-corrected chi connectivity index (χ0v) is 9.71. The zero-order chi connectivity index (χ0) is 12.5. The third-order valence-electron chi connectivity index (χ3n) is 3.21. The fraction of sp³-hybridized carbons (Fsp3) is 0.214. The van der Waals surface area contributed by atoms with Crippen LogP contribution in [-0.4, -0.2) is 17.4 Å². The topological polar surface area (TPSA) is 57.0 Å². The van der Waals surface area contributed by atoms with E-state index in [0.29, 0.717) is 13.0 Å². The molecule has 18 heavy (non-hydrogen) atoms. The molecule has 0 saturated carbocycles. The van der Waals surface area contributed by atoms with Gasteiger partial charge in [0.2, 0.25) is 5.91 Å². The van der Waals surface area contributed by atoms with Gasteiger partial charge in [-0.1, -0.05) is 18.2 Å². The number of benzene rings is 1. The van der Waals surface area contributed by atoms with E-state index in [4.69, 9.17) is 5.26 Å². The molecule has 1 aliphatic heterocycles. The lowest BCUT2D eigenvalue weighted by Gasteiger charge is -2.17. The second kappa shape index (κ2) is 4.11. The molecule has 0 aliphatic carbocycles. The summed E-state index contributed by atoms with van der Waals surface area (Å²) in [5, 5.41) is 9.92. The number of amides is 1. The van der Waals surface area contributed by atoms with Crippen LogP contribution in [0, 0.1) is 17.2 Å². The van der Waals surface area contributed by atoms with E-state index in [1.165, 1.54) is 0 Å². The van der Waals surface area contributed by atoms with Crippen LogP contribution in [0.4, 0.5) is 5.69 Å². The largest absolute Gasteiger partial charge is 0.309 e. The van der Waals surface area contributed by atoms with E-state index >= 15 is 0 Å². The van der Waals surface area contributed by atoms with Crippen molar-refractivity contribution in [3.63, 3.8) is 0 Å². The van der Waals surface area contributed by atoms with Gasteiger partial charge in [0.15, 0.2) is 0 Å². The summed E-state index contributed by atoms with van der Waals surface area (Å²) in [6.07, 6.45) is 2.02. The smallest absolute Gasteiger partial charge is 0.228 e. The van der Waals surface area contributed by atoms with E-state index in [0.717, 1.165) is 16.6 Å². The van der Waals surface area contributed by atoms with Crippen LogP contribution < -0.4 is 4.90 Å². The summed E-state index contributed by atoms with van der Waals surface area (Å²) in [5.74, 6) is -0.212. The maximum absolute atomic E-state index is 11.9. The second-order valence-corrected chi connectivity index (χ2v) is 4.39. The first-order chi connectivity index (χ1) is 8.79. The van der Waals surface area contributed by atoms with Crippen LogP contribution in [0.25, 0.3) is 10.9 Å². The highest BCUT2D eigenvalue weighted by Gasteiger charge is 2.31. The Morgan fingerprint density at radius 1 is 1.33 bits per heavy atom. The lowest BCUT2D eigenvalue weighted by atomic mass is 10.1.